The van der Waals surface area contributed by atoms with Gasteiger partial charge in [0.25, 0.3) is 0 Å². The molecule has 29 heavy (non-hydrogen) atoms. The average Bonchev–Trinajstić information content (AvgIpc) is 3.00. The smallest absolute Gasteiger partial charge is 0.416 e. The van der Waals surface area contributed by atoms with E-state index in [1.54, 1.807) is 6.07 Å². The van der Waals surface area contributed by atoms with Crippen molar-refractivity contribution in [2.75, 3.05) is 18.5 Å². The number of thiazole rings is 1. The molecule has 1 aromatic carbocycles. The predicted molar refractivity (Wildman–Crippen MR) is 105 cm³/mol. The van der Waals surface area contributed by atoms with Crippen LogP contribution in [0.2, 0.25) is 0 Å². The van der Waals surface area contributed by atoms with Crippen LogP contribution >= 0.6 is 11.3 Å². The van der Waals surface area contributed by atoms with Crippen molar-refractivity contribution in [3.63, 3.8) is 0 Å². The first kappa shape index (κ1) is 21.0. The number of benzene rings is 1. The first-order chi connectivity index (χ1) is 13.8. The zero-order chi connectivity index (χ0) is 21.0. The topological polar surface area (TPSA) is 80.2 Å². The molecule has 0 aliphatic carbocycles. The molecule has 2 aromatic heterocycles. The van der Waals surface area contributed by atoms with Gasteiger partial charge < -0.3 is 15.2 Å². The van der Waals surface area contributed by atoms with Crippen molar-refractivity contribution in [3.8, 4) is 16.5 Å². The molecule has 0 unspecified atom stereocenters. The molecule has 0 saturated carbocycles. The minimum atomic E-state index is -4.54. The number of hydrogen-bond acceptors (Lipinski definition) is 7. The Morgan fingerprint density at radius 2 is 1.97 bits per heavy atom. The molecule has 154 valence electrons. The van der Waals surface area contributed by atoms with Crippen molar-refractivity contribution in [2.24, 2.45) is 0 Å². The molecule has 0 amide bonds. The molecule has 0 aliphatic heterocycles. The highest BCUT2D eigenvalue weighted by Crippen LogP contribution is 2.35. The van der Waals surface area contributed by atoms with Gasteiger partial charge >= 0.3 is 6.18 Å². The van der Waals surface area contributed by atoms with Gasteiger partial charge in [0.2, 0.25) is 5.95 Å². The van der Waals surface area contributed by atoms with Gasteiger partial charge in [-0.1, -0.05) is 0 Å². The van der Waals surface area contributed by atoms with E-state index in [-0.39, 0.29) is 30.6 Å². The van der Waals surface area contributed by atoms with Crippen LogP contribution in [-0.2, 0) is 6.18 Å². The summed E-state index contributed by atoms with van der Waals surface area (Å²) in [5.74, 6) is 0.187. The summed E-state index contributed by atoms with van der Waals surface area (Å²) in [5.41, 5.74) is 0.766. The van der Waals surface area contributed by atoms with E-state index in [2.05, 4.69) is 20.3 Å². The summed E-state index contributed by atoms with van der Waals surface area (Å²) >= 11 is 1.48. The van der Waals surface area contributed by atoms with E-state index in [1.807, 2.05) is 13.8 Å². The summed E-state index contributed by atoms with van der Waals surface area (Å²) < 4.78 is 45.0. The molecule has 10 heteroatoms. The van der Waals surface area contributed by atoms with Crippen LogP contribution < -0.4 is 10.1 Å². The van der Waals surface area contributed by atoms with Crippen molar-refractivity contribution >= 4 is 23.0 Å². The lowest BCUT2D eigenvalue weighted by molar-refractivity contribution is -0.137. The van der Waals surface area contributed by atoms with E-state index in [1.165, 1.54) is 23.6 Å². The number of hydrogen-bond donors (Lipinski definition) is 2. The standard InChI is InChI=1S/C19H19F3N4O2S/c1-11-12(2)29-17(24-11)16-4-5-23-18(26-16)25-14-8-13(19(20,21)22)9-15(10-14)28-7-3-6-27/h4-5,8-10,27H,3,6-7H2,1-2H3,(H,23,25,26). The predicted octanol–water partition coefficient (Wildman–Crippen LogP) is 4.74. The van der Waals surface area contributed by atoms with Crippen molar-refractivity contribution in [1.29, 1.82) is 0 Å². The van der Waals surface area contributed by atoms with Crippen LogP contribution in [0.25, 0.3) is 10.7 Å². The summed E-state index contributed by atoms with van der Waals surface area (Å²) in [6.45, 7) is 3.85. The van der Waals surface area contributed by atoms with Crippen LogP contribution in [0, 0.1) is 13.8 Å². The first-order valence-electron chi connectivity index (χ1n) is 8.76. The van der Waals surface area contributed by atoms with Crippen LogP contribution in [-0.4, -0.2) is 33.3 Å². The highest BCUT2D eigenvalue weighted by atomic mass is 32.1. The van der Waals surface area contributed by atoms with E-state index >= 15 is 0 Å². The van der Waals surface area contributed by atoms with Crippen molar-refractivity contribution in [3.05, 3.63) is 46.6 Å². The molecule has 0 bridgehead atoms. The Balaban J connectivity index is 1.88. The number of anilines is 2. The van der Waals surface area contributed by atoms with Crippen LogP contribution in [0.5, 0.6) is 5.75 Å². The van der Waals surface area contributed by atoms with Crippen molar-refractivity contribution in [1.82, 2.24) is 15.0 Å². The van der Waals surface area contributed by atoms with Crippen LogP contribution in [0.1, 0.15) is 22.6 Å². The Morgan fingerprint density at radius 3 is 2.62 bits per heavy atom. The fraction of sp³-hybridized carbons (Fsp3) is 0.316. The second-order valence-corrected chi connectivity index (χ2v) is 7.42. The Morgan fingerprint density at radius 1 is 1.17 bits per heavy atom. The summed E-state index contributed by atoms with van der Waals surface area (Å²) in [5, 5.41) is 12.3. The maximum atomic E-state index is 13.2. The number of nitrogens with one attached hydrogen (secondary N) is 1. The second kappa shape index (κ2) is 8.75. The molecule has 3 aromatic rings. The first-order valence-corrected chi connectivity index (χ1v) is 9.58. The van der Waals surface area contributed by atoms with Crippen LogP contribution in [0.15, 0.2) is 30.5 Å². The molecule has 0 saturated heterocycles. The fourth-order valence-electron chi connectivity index (χ4n) is 2.42. The van der Waals surface area contributed by atoms with Gasteiger partial charge in [-0.3, -0.25) is 0 Å². The number of aromatic nitrogens is 3. The van der Waals surface area contributed by atoms with Gasteiger partial charge in [-0.05, 0) is 32.0 Å². The quantitative estimate of drug-likeness (QED) is 0.534. The van der Waals surface area contributed by atoms with E-state index in [9.17, 15) is 13.2 Å². The molecule has 0 spiro atoms. The monoisotopic (exact) mass is 424 g/mol. The number of nitrogens with zero attached hydrogens (tertiary/aromatic N) is 3. The Labute approximate surface area is 169 Å². The molecule has 0 fully saturated rings. The molecule has 3 rings (SSSR count). The van der Waals surface area contributed by atoms with Gasteiger partial charge in [0.15, 0.2) is 0 Å². The summed E-state index contributed by atoms with van der Waals surface area (Å²) in [4.78, 5) is 14.0. The molecule has 0 aliphatic rings. The number of ether oxygens (including phenoxy) is 1. The van der Waals surface area contributed by atoms with Gasteiger partial charge in [0.05, 0.1) is 17.9 Å². The molecule has 0 atom stereocenters. The zero-order valence-electron chi connectivity index (χ0n) is 15.7. The van der Waals surface area contributed by atoms with Crippen LogP contribution in [0.4, 0.5) is 24.8 Å². The summed E-state index contributed by atoms with van der Waals surface area (Å²) in [7, 11) is 0. The van der Waals surface area contributed by atoms with Gasteiger partial charge in [0, 0.05) is 35.9 Å². The van der Waals surface area contributed by atoms with Crippen molar-refractivity contribution in [2.45, 2.75) is 26.4 Å². The van der Waals surface area contributed by atoms with Gasteiger partial charge in [-0.2, -0.15) is 13.2 Å². The SMILES string of the molecule is Cc1nc(-c2ccnc(Nc3cc(OCCCO)cc(C(F)(F)F)c3)n2)sc1C. The maximum Gasteiger partial charge on any atom is 0.416 e. The van der Waals surface area contributed by atoms with E-state index in [0.29, 0.717) is 17.1 Å². The third kappa shape index (κ3) is 5.42. The van der Waals surface area contributed by atoms with E-state index < -0.39 is 11.7 Å². The molecule has 0 radical (unpaired) electrons. The summed E-state index contributed by atoms with van der Waals surface area (Å²) in [6, 6.07) is 5.01. The second-order valence-electron chi connectivity index (χ2n) is 6.22. The molecular formula is C19H19F3N4O2S. The molecular weight excluding hydrogens is 405 g/mol. The van der Waals surface area contributed by atoms with Crippen LogP contribution in [0.3, 0.4) is 0 Å². The minimum Gasteiger partial charge on any atom is -0.493 e. The highest BCUT2D eigenvalue weighted by Gasteiger charge is 2.31. The number of aryl methyl sites for hydroxylation is 2. The summed E-state index contributed by atoms with van der Waals surface area (Å²) in [6.07, 6.45) is -2.70. The lowest BCUT2D eigenvalue weighted by Gasteiger charge is -2.14. The highest BCUT2D eigenvalue weighted by molar-refractivity contribution is 7.15. The number of rotatable bonds is 7. The molecule has 2 heterocycles. The van der Waals surface area contributed by atoms with Crippen molar-refractivity contribution < 1.29 is 23.0 Å². The lowest BCUT2D eigenvalue weighted by atomic mass is 10.2. The number of aliphatic hydroxyl groups is 1. The molecule has 6 nitrogen and oxygen atoms in total. The van der Waals surface area contributed by atoms with Gasteiger partial charge in [-0.15, -0.1) is 11.3 Å². The maximum absolute atomic E-state index is 13.2. The minimum absolute atomic E-state index is 0.0399. The fourth-order valence-corrected chi connectivity index (χ4v) is 3.31. The lowest BCUT2D eigenvalue weighted by Crippen LogP contribution is -2.08. The van der Waals surface area contributed by atoms with Gasteiger partial charge in [0.1, 0.15) is 16.5 Å². The third-order valence-corrected chi connectivity index (χ3v) is 5.06. The third-order valence-electron chi connectivity index (χ3n) is 3.96. The number of aliphatic hydroxyl groups excluding tert-OH is 1. The molecule has 2 N–H and O–H groups in total. The normalized spacial score (nSPS) is 11.5. The number of halogens is 3. The van der Waals surface area contributed by atoms with Gasteiger partial charge in [-0.25, -0.2) is 15.0 Å². The largest absolute Gasteiger partial charge is 0.493 e. The van der Waals surface area contributed by atoms with E-state index in [0.717, 1.165) is 22.7 Å². The Bertz CT molecular complexity index is 972. The zero-order valence-corrected chi connectivity index (χ0v) is 16.6. The Hall–Kier alpha value is -2.72. The average molecular weight is 424 g/mol. The van der Waals surface area contributed by atoms with E-state index in [4.69, 9.17) is 9.84 Å². The number of alkyl halides is 3. The Kier molecular flexibility index (Phi) is 6.33.